The summed E-state index contributed by atoms with van der Waals surface area (Å²) in [5.41, 5.74) is -0.130. The van der Waals surface area contributed by atoms with E-state index in [1.807, 2.05) is 34.6 Å². The van der Waals surface area contributed by atoms with Crippen molar-refractivity contribution in [2.45, 2.75) is 92.0 Å². The van der Waals surface area contributed by atoms with E-state index in [1.165, 1.54) is 17.0 Å². The highest BCUT2D eigenvalue weighted by Gasteiger charge is 2.37. The van der Waals surface area contributed by atoms with E-state index in [9.17, 15) is 19.5 Å². The zero-order valence-electron chi connectivity index (χ0n) is 21.3. The highest BCUT2D eigenvalue weighted by Crippen LogP contribution is 2.26. The van der Waals surface area contributed by atoms with Gasteiger partial charge in [0.05, 0.1) is 0 Å². The van der Waals surface area contributed by atoms with Crippen molar-refractivity contribution in [3.8, 4) is 5.75 Å². The van der Waals surface area contributed by atoms with Crippen molar-refractivity contribution < 1.29 is 24.2 Å². The largest absolute Gasteiger partial charge is 0.508 e. The number of benzene rings is 1. The van der Waals surface area contributed by atoms with Crippen LogP contribution in [0.3, 0.4) is 0 Å². The van der Waals surface area contributed by atoms with Crippen LogP contribution in [-0.2, 0) is 14.3 Å². The van der Waals surface area contributed by atoms with Gasteiger partial charge < -0.3 is 25.4 Å². The van der Waals surface area contributed by atoms with Gasteiger partial charge in [0.15, 0.2) is 0 Å². The molecule has 0 saturated heterocycles. The fraction of sp³-hybridized carbons (Fsp3) is 0.640. The molecule has 33 heavy (non-hydrogen) atoms. The molecule has 0 spiro atoms. The summed E-state index contributed by atoms with van der Waals surface area (Å²) in [7, 11) is 0. The number of carbonyl (C=O) groups excluding carboxylic acids is 3. The SMILES string of the molecule is CCCN(C(=O)C(NC(=O)OC(C)(C)C)C(C)CC)C(C(=O)NC(C)C)c1ccc(O)cc1. The minimum Gasteiger partial charge on any atom is -0.508 e. The molecule has 1 rings (SSSR count). The lowest BCUT2D eigenvalue weighted by molar-refractivity contribution is -0.143. The molecule has 0 heterocycles. The predicted molar refractivity (Wildman–Crippen MR) is 129 cm³/mol. The second kappa shape index (κ2) is 12.5. The van der Waals surface area contributed by atoms with Crippen LogP contribution in [0.1, 0.15) is 79.8 Å². The maximum absolute atomic E-state index is 13.8. The first-order valence-electron chi connectivity index (χ1n) is 11.7. The van der Waals surface area contributed by atoms with Crippen molar-refractivity contribution in [2.24, 2.45) is 5.92 Å². The maximum Gasteiger partial charge on any atom is 0.408 e. The number of nitrogens with zero attached hydrogens (tertiary/aromatic N) is 1. The first-order chi connectivity index (χ1) is 15.3. The molecule has 0 bridgehead atoms. The zero-order chi connectivity index (χ0) is 25.3. The molecule has 0 saturated carbocycles. The Kier molecular flexibility index (Phi) is 10.7. The lowest BCUT2D eigenvalue weighted by Crippen LogP contribution is -2.55. The summed E-state index contributed by atoms with van der Waals surface area (Å²) in [4.78, 5) is 41.1. The van der Waals surface area contributed by atoms with E-state index in [4.69, 9.17) is 4.74 Å². The second-order valence-electron chi connectivity index (χ2n) is 9.70. The number of ether oxygens (including phenoxy) is 1. The summed E-state index contributed by atoms with van der Waals surface area (Å²) in [6, 6.07) is 4.36. The number of phenols is 1. The molecule has 0 aliphatic carbocycles. The van der Waals surface area contributed by atoms with Gasteiger partial charge in [-0.2, -0.15) is 0 Å². The number of alkyl carbamates (subject to hydrolysis) is 1. The van der Waals surface area contributed by atoms with Gasteiger partial charge in [0.2, 0.25) is 11.8 Å². The van der Waals surface area contributed by atoms with E-state index in [0.29, 0.717) is 24.9 Å². The molecule has 1 aromatic rings. The molecule has 3 N–H and O–H groups in total. The lowest BCUT2D eigenvalue weighted by atomic mass is 9.95. The normalized spacial score (nSPS) is 14.2. The molecule has 3 amide bonds. The first-order valence-corrected chi connectivity index (χ1v) is 11.7. The van der Waals surface area contributed by atoms with E-state index in [1.54, 1.807) is 32.9 Å². The van der Waals surface area contributed by atoms with Crippen molar-refractivity contribution in [1.82, 2.24) is 15.5 Å². The summed E-state index contributed by atoms with van der Waals surface area (Å²) in [5.74, 6) is -0.788. The highest BCUT2D eigenvalue weighted by molar-refractivity contribution is 5.92. The van der Waals surface area contributed by atoms with Gasteiger partial charge in [-0.25, -0.2) is 4.79 Å². The van der Waals surface area contributed by atoms with Crippen LogP contribution in [-0.4, -0.2) is 52.1 Å². The topological polar surface area (TPSA) is 108 Å². The summed E-state index contributed by atoms with van der Waals surface area (Å²) in [6.45, 7) is 15.0. The Morgan fingerprint density at radius 3 is 2.06 bits per heavy atom. The Bertz CT molecular complexity index is 786. The molecule has 1 aromatic carbocycles. The first kappa shape index (κ1) is 28.3. The van der Waals surface area contributed by atoms with E-state index >= 15 is 0 Å². The number of phenolic OH excluding ortho intramolecular Hbond substituents is 1. The zero-order valence-corrected chi connectivity index (χ0v) is 21.3. The van der Waals surface area contributed by atoms with Crippen LogP contribution in [0.2, 0.25) is 0 Å². The van der Waals surface area contributed by atoms with E-state index in [0.717, 1.165) is 0 Å². The summed E-state index contributed by atoms with van der Waals surface area (Å²) in [5, 5.41) is 15.3. The molecular weight excluding hydrogens is 422 g/mol. The van der Waals surface area contributed by atoms with Crippen LogP contribution in [0.15, 0.2) is 24.3 Å². The third-order valence-corrected chi connectivity index (χ3v) is 5.10. The molecule has 8 heteroatoms. The van der Waals surface area contributed by atoms with E-state index < -0.39 is 23.8 Å². The Morgan fingerprint density at radius 1 is 1.03 bits per heavy atom. The average Bonchev–Trinajstić information content (AvgIpc) is 2.70. The van der Waals surface area contributed by atoms with Crippen molar-refractivity contribution in [1.29, 1.82) is 0 Å². The number of rotatable bonds is 10. The van der Waals surface area contributed by atoms with Crippen LogP contribution in [0.25, 0.3) is 0 Å². The van der Waals surface area contributed by atoms with Crippen molar-refractivity contribution in [3.63, 3.8) is 0 Å². The second-order valence-corrected chi connectivity index (χ2v) is 9.70. The molecule has 0 aromatic heterocycles. The molecular formula is C25H41N3O5. The Labute approximate surface area is 198 Å². The van der Waals surface area contributed by atoms with Gasteiger partial charge in [-0.15, -0.1) is 0 Å². The van der Waals surface area contributed by atoms with E-state index in [2.05, 4.69) is 10.6 Å². The highest BCUT2D eigenvalue weighted by atomic mass is 16.6. The number of amides is 3. The maximum atomic E-state index is 13.8. The molecule has 3 atom stereocenters. The van der Waals surface area contributed by atoms with Gasteiger partial charge in [0.25, 0.3) is 0 Å². The van der Waals surface area contributed by atoms with Crippen molar-refractivity contribution in [2.75, 3.05) is 6.54 Å². The molecule has 8 nitrogen and oxygen atoms in total. The fourth-order valence-electron chi connectivity index (χ4n) is 3.40. The Balaban J connectivity index is 3.41. The van der Waals surface area contributed by atoms with E-state index in [-0.39, 0.29) is 29.5 Å². The minimum absolute atomic E-state index is 0.0687. The van der Waals surface area contributed by atoms with Crippen molar-refractivity contribution >= 4 is 17.9 Å². The number of hydrogen-bond donors (Lipinski definition) is 3. The van der Waals surface area contributed by atoms with Gasteiger partial charge in [-0.1, -0.05) is 39.3 Å². The summed E-state index contributed by atoms with van der Waals surface area (Å²) >= 11 is 0. The van der Waals surface area contributed by atoms with Crippen LogP contribution >= 0.6 is 0 Å². The molecule has 186 valence electrons. The van der Waals surface area contributed by atoms with Crippen LogP contribution in [0, 0.1) is 5.92 Å². The van der Waals surface area contributed by atoms with Gasteiger partial charge in [-0.05, 0) is 64.7 Å². The van der Waals surface area contributed by atoms with Gasteiger partial charge in [0, 0.05) is 12.6 Å². The minimum atomic E-state index is -0.910. The van der Waals surface area contributed by atoms with Gasteiger partial charge in [0.1, 0.15) is 23.4 Å². The molecule has 0 aliphatic rings. The quantitative estimate of drug-likeness (QED) is 0.483. The summed E-state index contributed by atoms with van der Waals surface area (Å²) in [6.07, 6.45) is 0.592. The standard InChI is InChI=1S/C25H41N3O5/c1-9-15-28(21(22(30)26-16(3)4)18-11-13-19(29)14-12-18)23(31)20(17(5)10-2)27-24(32)33-25(6,7)8/h11-14,16-17,20-21,29H,9-10,15H2,1-8H3,(H,26,30)(H,27,32). The Morgan fingerprint density at radius 2 is 1.61 bits per heavy atom. The third-order valence-electron chi connectivity index (χ3n) is 5.10. The molecule has 3 unspecified atom stereocenters. The summed E-state index contributed by atoms with van der Waals surface area (Å²) < 4.78 is 5.38. The number of hydrogen-bond acceptors (Lipinski definition) is 5. The van der Waals surface area contributed by atoms with Crippen LogP contribution < -0.4 is 10.6 Å². The lowest BCUT2D eigenvalue weighted by Gasteiger charge is -2.36. The predicted octanol–water partition coefficient (Wildman–Crippen LogP) is 4.14. The number of aromatic hydroxyl groups is 1. The number of nitrogens with one attached hydrogen (secondary N) is 2. The third kappa shape index (κ3) is 8.94. The smallest absolute Gasteiger partial charge is 0.408 e. The van der Waals surface area contributed by atoms with Crippen LogP contribution in [0.5, 0.6) is 5.75 Å². The monoisotopic (exact) mass is 463 g/mol. The average molecular weight is 464 g/mol. The van der Waals surface area contributed by atoms with Gasteiger partial charge in [-0.3, -0.25) is 9.59 Å². The molecule has 0 radical (unpaired) electrons. The fourth-order valence-corrected chi connectivity index (χ4v) is 3.40. The Hall–Kier alpha value is -2.77. The molecule has 0 fully saturated rings. The van der Waals surface area contributed by atoms with Crippen molar-refractivity contribution in [3.05, 3.63) is 29.8 Å². The van der Waals surface area contributed by atoms with Gasteiger partial charge >= 0.3 is 6.09 Å². The molecule has 0 aliphatic heterocycles. The van der Waals surface area contributed by atoms with Crippen LogP contribution in [0.4, 0.5) is 4.79 Å². The number of carbonyl (C=O) groups is 3.